The Morgan fingerprint density at radius 2 is 2.14 bits per heavy atom. The lowest BCUT2D eigenvalue weighted by Crippen LogP contribution is -1.91. The van der Waals surface area contributed by atoms with Crippen LogP contribution < -0.4 is 4.74 Å². The molecule has 0 atom stereocenters. The highest BCUT2D eigenvalue weighted by Gasteiger charge is 2.12. The molecule has 0 aliphatic heterocycles. The van der Waals surface area contributed by atoms with Gasteiger partial charge in [-0.3, -0.25) is 0 Å². The number of rotatable bonds is 2. The number of benzene rings is 1. The van der Waals surface area contributed by atoms with E-state index in [1.807, 2.05) is 25.1 Å². The zero-order valence-corrected chi connectivity index (χ0v) is 9.84. The second-order valence-electron chi connectivity index (χ2n) is 2.75. The van der Waals surface area contributed by atoms with E-state index in [4.69, 9.17) is 27.9 Å². The molecule has 0 unspecified atom stereocenters. The monoisotopic (exact) mass is 246 g/mol. The van der Waals surface area contributed by atoms with Gasteiger partial charge in [-0.2, -0.15) is 0 Å². The van der Waals surface area contributed by atoms with E-state index in [1.54, 1.807) is 0 Å². The number of hydrogen-bond acceptors (Lipinski definition) is 2. The van der Waals surface area contributed by atoms with E-state index in [0.29, 0.717) is 16.0 Å². The summed E-state index contributed by atoms with van der Waals surface area (Å²) in [5.41, 5.74) is 0. The van der Waals surface area contributed by atoms with E-state index in [2.05, 4.69) is 0 Å². The summed E-state index contributed by atoms with van der Waals surface area (Å²) in [5, 5.41) is 1.52. The molecule has 1 nitrogen and oxygen atoms in total. The van der Waals surface area contributed by atoms with Crippen LogP contribution in [0.2, 0.25) is 9.36 Å². The summed E-state index contributed by atoms with van der Waals surface area (Å²) >= 11 is 13.5. The van der Waals surface area contributed by atoms with E-state index in [-0.39, 0.29) is 0 Å². The smallest absolute Gasteiger partial charge is 0.129 e. The second kappa shape index (κ2) is 3.97. The van der Waals surface area contributed by atoms with E-state index < -0.39 is 0 Å². The number of thiophene rings is 1. The Labute approximate surface area is 96.2 Å². The van der Waals surface area contributed by atoms with Crippen molar-refractivity contribution in [3.05, 3.63) is 27.6 Å². The fraction of sp³-hybridized carbons (Fsp3) is 0.200. The van der Waals surface area contributed by atoms with Gasteiger partial charge in [0.1, 0.15) is 10.1 Å². The first kappa shape index (κ1) is 10.1. The van der Waals surface area contributed by atoms with Gasteiger partial charge in [-0.25, -0.2) is 0 Å². The Balaban J connectivity index is 2.71. The van der Waals surface area contributed by atoms with Gasteiger partial charge in [-0.15, -0.1) is 11.3 Å². The predicted octanol–water partition coefficient (Wildman–Crippen LogP) is 4.61. The molecular weight excluding hydrogens is 239 g/mol. The Morgan fingerprint density at radius 3 is 2.86 bits per heavy atom. The minimum absolute atomic E-state index is 0.593. The molecule has 74 valence electrons. The minimum atomic E-state index is 0.593. The number of hydrogen-bond donors (Lipinski definition) is 0. The summed E-state index contributed by atoms with van der Waals surface area (Å²) in [4.78, 5) is 0. The molecule has 2 aromatic rings. The summed E-state index contributed by atoms with van der Waals surface area (Å²) < 4.78 is 7.16. The van der Waals surface area contributed by atoms with Crippen molar-refractivity contribution in [2.75, 3.05) is 6.61 Å². The van der Waals surface area contributed by atoms with Crippen molar-refractivity contribution in [2.45, 2.75) is 6.92 Å². The Hall–Kier alpha value is -0.440. The minimum Gasteiger partial charge on any atom is -0.493 e. The van der Waals surface area contributed by atoms with Crippen LogP contribution in [0.1, 0.15) is 6.92 Å². The van der Waals surface area contributed by atoms with Crippen LogP contribution in [0.3, 0.4) is 0 Å². The Morgan fingerprint density at radius 1 is 1.36 bits per heavy atom. The number of halogens is 2. The highest BCUT2D eigenvalue weighted by Crippen LogP contribution is 2.43. The van der Waals surface area contributed by atoms with Crippen molar-refractivity contribution in [3.63, 3.8) is 0 Å². The molecule has 4 heteroatoms. The third kappa shape index (κ3) is 1.58. The van der Waals surface area contributed by atoms with Gasteiger partial charge < -0.3 is 4.74 Å². The Kier molecular flexibility index (Phi) is 2.86. The lowest BCUT2D eigenvalue weighted by atomic mass is 10.2. The van der Waals surface area contributed by atoms with Crippen LogP contribution in [0.4, 0.5) is 0 Å². The molecule has 0 saturated carbocycles. The molecule has 1 aromatic carbocycles. The van der Waals surface area contributed by atoms with Crippen molar-refractivity contribution < 1.29 is 4.74 Å². The molecule has 0 N–H and O–H groups in total. The third-order valence-electron chi connectivity index (χ3n) is 1.88. The molecule has 14 heavy (non-hydrogen) atoms. The van der Waals surface area contributed by atoms with Crippen LogP contribution in [0.15, 0.2) is 18.2 Å². The number of fused-ring (bicyclic) bond motifs is 1. The highest BCUT2D eigenvalue weighted by molar-refractivity contribution is 7.23. The molecule has 0 amide bonds. The van der Waals surface area contributed by atoms with Crippen LogP contribution in [0.25, 0.3) is 10.1 Å². The van der Waals surface area contributed by atoms with Crippen LogP contribution in [-0.4, -0.2) is 6.61 Å². The first-order valence-corrected chi connectivity index (χ1v) is 5.80. The largest absolute Gasteiger partial charge is 0.493 e. The maximum Gasteiger partial charge on any atom is 0.129 e. The SMILES string of the molecule is CCOc1cccc2sc(Cl)c(Cl)c12. The van der Waals surface area contributed by atoms with E-state index in [1.165, 1.54) is 11.3 Å². The standard InChI is InChI=1S/C10H8Cl2OS/c1-2-13-6-4-3-5-7-8(6)9(11)10(12)14-7/h3-5H,2H2,1H3. The zero-order chi connectivity index (χ0) is 10.1. The van der Waals surface area contributed by atoms with Crippen LogP contribution >= 0.6 is 34.5 Å². The topological polar surface area (TPSA) is 9.23 Å². The van der Waals surface area contributed by atoms with Gasteiger partial charge in [0, 0.05) is 4.70 Å². The van der Waals surface area contributed by atoms with Crippen molar-refractivity contribution in [2.24, 2.45) is 0 Å². The fourth-order valence-corrected chi connectivity index (χ4v) is 2.87. The maximum absolute atomic E-state index is 6.08. The molecule has 0 saturated heterocycles. The Bertz CT molecular complexity index is 464. The molecule has 1 aromatic heterocycles. The van der Waals surface area contributed by atoms with Gasteiger partial charge in [0.05, 0.1) is 17.0 Å². The summed E-state index contributed by atoms with van der Waals surface area (Å²) in [6, 6.07) is 5.83. The number of ether oxygens (including phenoxy) is 1. The highest BCUT2D eigenvalue weighted by atomic mass is 35.5. The van der Waals surface area contributed by atoms with Crippen molar-refractivity contribution in [1.29, 1.82) is 0 Å². The molecule has 0 fully saturated rings. The fourth-order valence-electron chi connectivity index (χ4n) is 1.33. The van der Waals surface area contributed by atoms with Gasteiger partial charge in [0.25, 0.3) is 0 Å². The summed E-state index contributed by atoms with van der Waals surface area (Å²) in [6.07, 6.45) is 0. The van der Waals surface area contributed by atoms with Crippen molar-refractivity contribution >= 4 is 44.6 Å². The van der Waals surface area contributed by atoms with Gasteiger partial charge in [-0.1, -0.05) is 29.3 Å². The molecular formula is C10H8Cl2OS. The van der Waals surface area contributed by atoms with E-state index in [0.717, 1.165) is 15.8 Å². The summed E-state index contributed by atoms with van der Waals surface area (Å²) in [6.45, 7) is 2.57. The molecule has 0 spiro atoms. The molecule has 0 radical (unpaired) electrons. The zero-order valence-electron chi connectivity index (χ0n) is 7.51. The normalized spacial score (nSPS) is 10.8. The molecule has 0 aliphatic rings. The van der Waals surface area contributed by atoms with E-state index in [9.17, 15) is 0 Å². The maximum atomic E-state index is 6.08. The third-order valence-corrected chi connectivity index (χ3v) is 3.83. The molecule has 0 aliphatic carbocycles. The molecule has 1 heterocycles. The lowest BCUT2D eigenvalue weighted by molar-refractivity contribution is 0.344. The van der Waals surface area contributed by atoms with Gasteiger partial charge >= 0.3 is 0 Å². The first-order chi connectivity index (χ1) is 6.74. The van der Waals surface area contributed by atoms with Gasteiger partial charge in [0.2, 0.25) is 0 Å². The van der Waals surface area contributed by atoms with Gasteiger partial charge in [0.15, 0.2) is 0 Å². The quantitative estimate of drug-likeness (QED) is 0.753. The summed E-state index contributed by atoms with van der Waals surface area (Å²) in [7, 11) is 0. The van der Waals surface area contributed by atoms with Crippen LogP contribution in [-0.2, 0) is 0 Å². The van der Waals surface area contributed by atoms with Gasteiger partial charge in [-0.05, 0) is 19.1 Å². The molecule has 2 rings (SSSR count). The van der Waals surface area contributed by atoms with Crippen molar-refractivity contribution in [1.82, 2.24) is 0 Å². The lowest BCUT2D eigenvalue weighted by Gasteiger charge is -2.04. The molecule has 0 bridgehead atoms. The first-order valence-electron chi connectivity index (χ1n) is 4.23. The average molecular weight is 247 g/mol. The van der Waals surface area contributed by atoms with Crippen LogP contribution in [0.5, 0.6) is 5.75 Å². The van der Waals surface area contributed by atoms with Crippen molar-refractivity contribution in [3.8, 4) is 5.75 Å². The predicted molar refractivity (Wildman–Crippen MR) is 63.0 cm³/mol. The van der Waals surface area contributed by atoms with E-state index >= 15 is 0 Å². The van der Waals surface area contributed by atoms with Crippen LogP contribution in [0, 0.1) is 0 Å². The second-order valence-corrected chi connectivity index (χ2v) is 4.78. The summed E-state index contributed by atoms with van der Waals surface area (Å²) in [5.74, 6) is 0.804. The average Bonchev–Trinajstić information content (AvgIpc) is 2.45.